The molecule has 5 aromatic carbocycles. The molecular formula is C54H64N6O10S. The van der Waals surface area contributed by atoms with Gasteiger partial charge in [-0.2, -0.15) is 0 Å². The first-order chi connectivity index (χ1) is 33.9. The predicted octanol–water partition coefficient (Wildman–Crippen LogP) is 3.50. The molecule has 0 radical (unpaired) electrons. The quantitative estimate of drug-likeness (QED) is 0.0315. The maximum atomic E-state index is 14.7. The average Bonchev–Trinajstić information content (AvgIpc) is 3.34. The minimum absolute atomic E-state index is 0.00175. The highest BCUT2D eigenvalue weighted by Crippen LogP contribution is 2.13. The Bertz CT molecular complexity index is 2610. The lowest BCUT2D eigenvalue weighted by Gasteiger charge is -2.30. The topological polar surface area (TPSA) is 240 Å². The molecule has 0 bridgehead atoms. The zero-order valence-electron chi connectivity index (χ0n) is 40.1. The zero-order chi connectivity index (χ0) is 51.2. The Kier molecular flexibility index (Phi) is 21.0. The van der Waals surface area contributed by atoms with Crippen LogP contribution in [0.5, 0.6) is 0 Å². The normalized spacial score (nSPS) is 13.6. The van der Waals surface area contributed by atoms with Crippen LogP contribution in [0.4, 0.5) is 0 Å². The van der Waals surface area contributed by atoms with Crippen molar-refractivity contribution in [3.05, 3.63) is 179 Å². The van der Waals surface area contributed by atoms with Gasteiger partial charge in [-0.3, -0.25) is 24.0 Å². The van der Waals surface area contributed by atoms with Gasteiger partial charge in [-0.1, -0.05) is 152 Å². The van der Waals surface area contributed by atoms with Crippen molar-refractivity contribution in [3.8, 4) is 0 Å². The summed E-state index contributed by atoms with van der Waals surface area (Å²) in [5.41, 5.74) is 3.48. The Morgan fingerprint density at radius 2 is 0.718 bits per heavy atom. The molecule has 0 spiro atoms. The summed E-state index contributed by atoms with van der Waals surface area (Å²) in [6.45, 7) is 0.903. The van der Waals surface area contributed by atoms with Gasteiger partial charge in [0.05, 0.1) is 37.3 Å². The summed E-state index contributed by atoms with van der Waals surface area (Å²) in [5.74, 6) is -5.00. The van der Waals surface area contributed by atoms with Gasteiger partial charge in [-0.25, -0.2) is 13.2 Å². The molecule has 376 valence electrons. The molecule has 5 aromatic rings. The first-order valence-corrected chi connectivity index (χ1v) is 25.2. The fourth-order valence-electron chi connectivity index (χ4n) is 8.09. The molecule has 0 aliphatic rings. The average molecular weight is 989 g/mol. The molecular weight excluding hydrogens is 925 g/mol. The SMILES string of the molecule is C[N+](C)(CCCC(=O)NC(Cc1ccccc1)C(=O)NC(Cc1ccccc1)C(=O)NC(Cc1ccccc1)C(=O)NC(Cc1ccccc1)C(=O)NC(Cc1ccccc1)C(=O)O)CCCS(=O)(=O)[O-]. The van der Waals surface area contributed by atoms with Gasteiger partial charge in [-0.05, 0) is 27.8 Å². The van der Waals surface area contributed by atoms with Crippen LogP contribution in [0.3, 0.4) is 0 Å². The lowest BCUT2D eigenvalue weighted by molar-refractivity contribution is -0.890. The number of benzene rings is 5. The van der Waals surface area contributed by atoms with Crippen LogP contribution in [-0.2, 0) is 71.0 Å². The van der Waals surface area contributed by atoms with E-state index in [4.69, 9.17) is 0 Å². The van der Waals surface area contributed by atoms with Crippen molar-refractivity contribution in [2.24, 2.45) is 0 Å². The largest absolute Gasteiger partial charge is 0.748 e. The van der Waals surface area contributed by atoms with Gasteiger partial charge in [0.1, 0.15) is 30.2 Å². The molecule has 0 fully saturated rings. The van der Waals surface area contributed by atoms with E-state index in [0.717, 1.165) is 5.56 Å². The molecule has 0 saturated heterocycles. The second kappa shape index (κ2) is 27.3. The molecule has 0 aliphatic carbocycles. The van der Waals surface area contributed by atoms with E-state index in [2.05, 4.69) is 26.6 Å². The van der Waals surface area contributed by atoms with Crippen molar-refractivity contribution in [2.75, 3.05) is 32.9 Å². The third-order valence-corrected chi connectivity index (χ3v) is 12.7. The van der Waals surface area contributed by atoms with Gasteiger partial charge in [0.15, 0.2) is 0 Å². The minimum Gasteiger partial charge on any atom is -0.748 e. The fraction of sp³-hybridized carbons (Fsp3) is 0.333. The summed E-state index contributed by atoms with van der Waals surface area (Å²) in [7, 11) is -0.602. The van der Waals surface area contributed by atoms with Gasteiger partial charge in [0.2, 0.25) is 29.5 Å². The number of hydrogen-bond donors (Lipinski definition) is 6. The van der Waals surface area contributed by atoms with E-state index >= 15 is 0 Å². The summed E-state index contributed by atoms with van der Waals surface area (Å²) in [5, 5.41) is 24.1. The molecule has 0 aromatic heterocycles. The summed E-state index contributed by atoms with van der Waals surface area (Å²) in [4.78, 5) is 83.7. The van der Waals surface area contributed by atoms with Crippen LogP contribution in [0, 0.1) is 0 Å². The van der Waals surface area contributed by atoms with Crippen LogP contribution < -0.4 is 26.6 Å². The van der Waals surface area contributed by atoms with Gasteiger partial charge in [-0.15, -0.1) is 0 Å². The smallest absolute Gasteiger partial charge is 0.326 e. The highest BCUT2D eigenvalue weighted by Gasteiger charge is 2.33. The van der Waals surface area contributed by atoms with Crippen LogP contribution in [0.15, 0.2) is 152 Å². The number of nitrogens with one attached hydrogen (secondary N) is 5. The zero-order valence-corrected chi connectivity index (χ0v) is 40.9. The molecule has 6 N–H and O–H groups in total. The van der Waals surface area contributed by atoms with Crippen LogP contribution in [0.25, 0.3) is 0 Å². The van der Waals surface area contributed by atoms with Crippen molar-refractivity contribution >= 4 is 45.6 Å². The van der Waals surface area contributed by atoms with E-state index in [1.54, 1.807) is 127 Å². The van der Waals surface area contributed by atoms with Crippen molar-refractivity contribution in [3.63, 3.8) is 0 Å². The molecule has 71 heavy (non-hydrogen) atoms. The van der Waals surface area contributed by atoms with Gasteiger partial charge in [0, 0.05) is 57.1 Å². The minimum atomic E-state index is -4.35. The third kappa shape index (κ3) is 20.0. The van der Waals surface area contributed by atoms with Crippen LogP contribution in [0.2, 0.25) is 0 Å². The highest BCUT2D eigenvalue weighted by molar-refractivity contribution is 7.85. The highest BCUT2D eigenvalue weighted by atomic mass is 32.2. The Morgan fingerprint density at radius 3 is 1.01 bits per heavy atom. The Labute approximate surface area is 416 Å². The Morgan fingerprint density at radius 1 is 0.451 bits per heavy atom. The first kappa shape index (κ1) is 54.7. The van der Waals surface area contributed by atoms with Crippen LogP contribution in [0.1, 0.15) is 47.1 Å². The molecule has 5 atom stereocenters. The molecule has 0 aliphatic heterocycles. The molecule has 0 saturated carbocycles. The maximum Gasteiger partial charge on any atom is 0.326 e. The maximum absolute atomic E-state index is 14.7. The number of carboxylic acid groups (broad SMARTS) is 1. The third-order valence-electron chi connectivity index (χ3n) is 11.9. The van der Waals surface area contributed by atoms with Crippen molar-refractivity contribution in [2.45, 2.75) is 81.6 Å². The van der Waals surface area contributed by atoms with Crippen molar-refractivity contribution in [1.29, 1.82) is 0 Å². The number of carbonyl (C=O) groups is 6. The number of carboxylic acids is 1. The number of amides is 5. The van der Waals surface area contributed by atoms with Gasteiger partial charge < -0.3 is 40.7 Å². The number of carbonyl (C=O) groups excluding carboxylic acids is 5. The molecule has 5 rings (SSSR count). The first-order valence-electron chi connectivity index (χ1n) is 23.6. The van der Waals surface area contributed by atoms with E-state index in [0.29, 0.717) is 46.2 Å². The summed E-state index contributed by atoms with van der Waals surface area (Å²) >= 11 is 0. The van der Waals surface area contributed by atoms with Crippen LogP contribution >= 0.6 is 0 Å². The lowest BCUT2D eigenvalue weighted by Crippen LogP contribution is -2.60. The summed E-state index contributed by atoms with van der Waals surface area (Å²) < 4.78 is 33.7. The lowest BCUT2D eigenvalue weighted by atomic mass is 10.00. The molecule has 16 nitrogen and oxygen atoms in total. The second-order valence-electron chi connectivity index (χ2n) is 18.3. The number of hydrogen-bond acceptors (Lipinski definition) is 9. The van der Waals surface area contributed by atoms with Crippen LogP contribution in [-0.4, -0.2) is 121 Å². The van der Waals surface area contributed by atoms with Gasteiger partial charge >= 0.3 is 5.97 Å². The number of aliphatic carboxylic acids is 1. The Balaban J connectivity index is 1.38. The molecule has 0 heterocycles. The standard InChI is InChI=1S/C54H64N6O10S/c1-60(2,32-19-33-71(68,69)70)31-18-30-49(61)55-44(34-39-20-8-3-9-21-39)50(62)56-45(35-40-22-10-4-11-23-40)51(63)57-46(36-41-24-12-5-13-25-41)52(64)58-47(37-42-26-14-6-15-27-42)53(65)59-48(54(66)67)38-43-28-16-7-17-29-43/h3-17,20-29,44-48H,18-19,30-38H2,1-2H3,(H6-,55,56,57,58,59,61,62,63,64,65,66,67,68,69,70). The second-order valence-corrected chi connectivity index (χ2v) is 19.8. The van der Waals surface area contributed by atoms with E-state index in [1.165, 1.54) is 0 Å². The van der Waals surface area contributed by atoms with E-state index in [1.807, 2.05) is 38.4 Å². The van der Waals surface area contributed by atoms with Crippen molar-refractivity contribution < 1.29 is 51.3 Å². The number of rotatable bonds is 28. The summed E-state index contributed by atoms with van der Waals surface area (Å²) in [6.07, 6.45) is 0.668. The van der Waals surface area contributed by atoms with E-state index in [-0.39, 0.29) is 44.9 Å². The fourth-order valence-corrected chi connectivity index (χ4v) is 8.57. The number of nitrogens with zero attached hydrogens (tertiary/aromatic N) is 1. The van der Waals surface area contributed by atoms with E-state index in [9.17, 15) is 46.8 Å². The summed E-state index contributed by atoms with van der Waals surface area (Å²) in [6, 6.07) is 38.4. The molecule has 5 amide bonds. The molecule has 17 heteroatoms. The molecule has 5 unspecified atom stereocenters. The monoisotopic (exact) mass is 988 g/mol. The van der Waals surface area contributed by atoms with Gasteiger partial charge in [0.25, 0.3) is 0 Å². The number of quaternary nitrogens is 1. The predicted molar refractivity (Wildman–Crippen MR) is 268 cm³/mol. The Hall–Kier alpha value is -7.21. The van der Waals surface area contributed by atoms with Crippen molar-refractivity contribution in [1.82, 2.24) is 26.6 Å². The van der Waals surface area contributed by atoms with E-state index < -0.39 is 81.6 Å².